The lowest BCUT2D eigenvalue weighted by molar-refractivity contribution is -0.124. The van der Waals surface area contributed by atoms with Gasteiger partial charge in [-0.3, -0.25) is 9.59 Å². The van der Waals surface area contributed by atoms with Crippen molar-refractivity contribution in [3.05, 3.63) is 59.1 Å². The summed E-state index contributed by atoms with van der Waals surface area (Å²) in [7, 11) is 0. The van der Waals surface area contributed by atoms with E-state index in [0.717, 1.165) is 16.9 Å². The highest BCUT2D eigenvalue weighted by Crippen LogP contribution is 2.31. The molecule has 2 amide bonds. The first kappa shape index (κ1) is 17.5. The normalized spacial score (nSPS) is 17.0. The average molecular weight is 357 g/mol. The molecule has 0 saturated carbocycles. The Balaban J connectivity index is 1.80. The molecular formula is C20H21ClN2O2. The first-order chi connectivity index (χ1) is 12.0. The van der Waals surface area contributed by atoms with Gasteiger partial charge in [0.2, 0.25) is 11.8 Å². The SMILES string of the molecule is CCN(C(=O)C1CC(=O)N(c2ccc(Cl)cc2C)C1)c1ccccc1. The molecule has 1 unspecified atom stereocenters. The summed E-state index contributed by atoms with van der Waals surface area (Å²) in [5.74, 6) is -0.355. The molecule has 130 valence electrons. The predicted octanol–water partition coefficient (Wildman–Crippen LogP) is 4.05. The number of aryl methyl sites for hydroxylation is 1. The van der Waals surface area contributed by atoms with Crippen molar-refractivity contribution >= 4 is 34.8 Å². The Labute approximate surface area is 153 Å². The topological polar surface area (TPSA) is 40.6 Å². The van der Waals surface area contributed by atoms with Gasteiger partial charge in [-0.2, -0.15) is 0 Å². The maximum absolute atomic E-state index is 13.0. The second-order valence-corrected chi connectivity index (χ2v) is 6.69. The van der Waals surface area contributed by atoms with Gasteiger partial charge in [0.25, 0.3) is 0 Å². The van der Waals surface area contributed by atoms with E-state index in [0.29, 0.717) is 18.1 Å². The molecule has 1 fully saturated rings. The zero-order valence-electron chi connectivity index (χ0n) is 14.4. The van der Waals surface area contributed by atoms with Crippen LogP contribution in [0.3, 0.4) is 0 Å². The van der Waals surface area contributed by atoms with Gasteiger partial charge in [0, 0.05) is 35.9 Å². The second kappa shape index (κ2) is 7.28. The van der Waals surface area contributed by atoms with Gasteiger partial charge in [-0.1, -0.05) is 29.8 Å². The van der Waals surface area contributed by atoms with Crippen molar-refractivity contribution in [2.24, 2.45) is 5.92 Å². The maximum Gasteiger partial charge on any atom is 0.232 e. The molecule has 0 N–H and O–H groups in total. The van der Waals surface area contributed by atoms with Crippen molar-refractivity contribution in [1.82, 2.24) is 0 Å². The van der Waals surface area contributed by atoms with Crippen LogP contribution in [0.15, 0.2) is 48.5 Å². The van der Waals surface area contributed by atoms with Crippen molar-refractivity contribution in [3.63, 3.8) is 0 Å². The van der Waals surface area contributed by atoms with E-state index < -0.39 is 0 Å². The summed E-state index contributed by atoms with van der Waals surface area (Å²) in [6.07, 6.45) is 0.240. The van der Waals surface area contributed by atoms with Crippen LogP contribution in [0.5, 0.6) is 0 Å². The lowest BCUT2D eigenvalue weighted by atomic mass is 10.1. The fraction of sp³-hybridized carbons (Fsp3) is 0.300. The number of benzene rings is 2. The monoisotopic (exact) mass is 356 g/mol. The number of nitrogens with zero attached hydrogens (tertiary/aromatic N) is 2. The molecule has 1 atom stereocenters. The molecular weight excluding hydrogens is 336 g/mol. The number of hydrogen-bond donors (Lipinski definition) is 0. The van der Waals surface area contributed by atoms with Crippen LogP contribution < -0.4 is 9.80 Å². The van der Waals surface area contributed by atoms with Gasteiger partial charge in [-0.05, 0) is 49.7 Å². The van der Waals surface area contributed by atoms with Crippen molar-refractivity contribution in [2.75, 3.05) is 22.9 Å². The van der Waals surface area contributed by atoms with E-state index in [9.17, 15) is 9.59 Å². The van der Waals surface area contributed by atoms with Crippen LogP contribution >= 0.6 is 11.6 Å². The molecule has 1 heterocycles. The number of amides is 2. The molecule has 2 aromatic carbocycles. The highest BCUT2D eigenvalue weighted by molar-refractivity contribution is 6.30. The van der Waals surface area contributed by atoms with Gasteiger partial charge in [0.05, 0.1) is 5.92 Å². The molecule has 2 aromatic rings. The number of carbonyl (C=O) groups is 2. The van der Waals surface area contributed by atoms with Crippen LogP contribution in [0.2, 0.25) is 5.02 Å². The van der Waals surface area contributed by atoms with Gasteiger partial charge in [-0.25, -0.2) is 0 Å². The highest BCUT2D eigenvalue weighted by Gasteiger charge is 2.37. The molecule has 1 saturated heterocycles. The molecule has 3 rings (SSSR count). The number of hydrogen-bond acceptors (Lipinski definition) is 2. The van der Waals surface area contributed by atoms with E-state index in [1.807, 2.05) is 56.3 Å². The Morgan fingerprint density at radius 1 is 1.24 bits per heavy atom. The molecule has 0 spiro atoms. The number of anilines is 2. The first-order valence-electron chi connectivity index (χ1n) is 8.44. The fourth-order valence-electron chi connectivity index (χ4n) is 3.32. The van der Waals surface area contributed by atoms with Gasteiger partial charge >= 0.3 is 0 Å². The fourth-order valence-corrected chi connectivity index (χ4v) is 3.55. The Morgan fingerprint density at radius 2 is 1.96 bits per heavy atom. The summed E-state index contributed by atoms with van der Waals surface area (Å²) < 4.78 is 0. The van der Waals surface area contributed by atoms with Gasteiger partial charge in [0.1, 0.15) is 0 Å². The molecule has 1 aliphatic rings. The zero-order chi connectivity index (χ0) is 18.0. The largest absolute Gasteiger partial charge is 0.312 e. The molecule has 4 nitrogen and oxygen atoms in total. The third-order valence-electron chi connectivity index (χ3n) is 4.57. The smallest absolute Gasteiger partial charge is 0.232 e. The molecule has 0 aliphatic carbocycles. The summed E-state index contributed by atoms with van der Waals surface area (Å²) >= 11 is 6.00. The zero-order valence-corrected chi connectivity index (χ0v) is 15.2. The summed E-state index contributed by atoms with van der Waals surface area (Å²) in [6, 6.07) is 15.0. The van der Waals surface area contributed by atoms with E-state index >= 15 is 0 Å². The third kappa shape index (κ3) is 3.54. The van der Waals surface area contributed by atoms with E-state index in [-0.39, 0.29) is 24.2 Å². The van der Waals surface area contributed by atoms with Crippen LogP contribution in [-0.4, -0.2) is 24.9 Å². The average Bonchev–Trinajstić information content (AvgIpc) is 2.98. The summed E-state index contributed by atoms with van der Waals surface area (Å²) in [5.41, 5.74) is 2.63. The van der Waals surface area contributed by atoms with Gasteiger partial charge < -0.3 is 9.80 Å². The van der Waals surface area contributed by atoms with Crippen molar-refractivity contribution < 1.29 is 9.59 Å². The van der Waals surface area contributed by atoms with Crippen LogP contribution in [0.25, 0.3) is 0 Å². The molecule has 0 aromatic heterocycles. The minimum absolute atomic E-state index is 0.00355. The van der Waals surface area contributed by atoms with Gasteiger partial charge in [0.15, 0.2) is 0 Å². The molecule has 0 bridgehead atoms. The van der Waals surface area contributed by atoms with E-state index in [1.165, 1.54) is 0 Å². The minimum Gasteiger partial charge on any atom is -0.312 e. The minimum atomic E-state index is -0.331. The summed E-state index contributed by atoms with van der Waals surface area (Å²) in [4.78, 5) is 28.9. The summed E-state index contributed by atoms with van der Waals surface area (Å²) in [6.45, 7) is 4.85. The van der Waals surface area contributed by atoms with Crippen molar-refractivity contribution in [2.45, 2.75) is 20.3 Å². The molecule has 1 aliphatic heterocycles. The lowest BCUT2D eigenvalue weighted by Gasteiger charge is -2.24. The van der Waals surface area contributed by atoms with Crippen LogP contribution in [0.4, 0.5) is 11.4 Å². The maximum atomic E-state index is 13.0. The van der Waals surface area contributed by atoms with E-state index in [4.69, 9.17) is 11.6 Å². The number of halogens is 1. The Morgan fingerprint density at radius 3 is 2.60 bits per heavy atom. The standard InChI is InChI=1S/C20H21ClN2O2/c1-3-22(17-7-5-4-6-8-17)20(25)15-12-19(24)23(13-15)18-10-9-16(21)11-14(18)2/h4-11,15H,3,12-13H2,1-2H3. The van der Waals surface area contributed by atoms with Crippen molar-refractivity contribution in [3.8, 4) is 0 Å². The van der Waals surface area contributed by atoms with Crippen LogP contribution in [0.1, 0.15) is 18.9 Å². The van der Waals surface area contributed by atoms with E-state index in [1.54, 1.807) is 15.9 Å². The quantitative estimate of drug-likeness (QED) is 0.829. The Bertz CT molecular complexity index is 792. The highest BCUT2D eigenvalue weighted by atomic mass is 35.5. The summed E-state index contributed by atoms with van der Waals surface area (Å²) in [5, 5.41) is 0.641. The Hall–Kier alpha value is -2.33. The molecule has 25 heavy (non-hydrogen) atoms. The van der Waals surface area contributed by atoms with E-state index in [2.05, 4.69) is 0 Å². The Kier molecular flexibility index (Phi) is 5.09. The number of carbonyl (C=O) groups excluding carboxylic acids is 2. The molecule has 5 heteroatoms. The first-order valence-corrected chi connectivity index (χ1v) is 8.82. The second-order valence-electron chi connectivity index (χ2n) is 6.25. The third-order valence-corrected chi connectivity index (χ3v) is 4.81. The van der Waals surface area contributed by atoms with Gasteiger partial charge in [-0.15, -0.1) is 0 Å². The predicted molar refractivity (Wildman–Crippen MR) is 101 cm³/mol. The number of para-hydroxylation sites is 1. The van der Waals surface area contributed by atoms with Crippen LogP contribution in [-0.2, 0) is 9.59 Å². The molecule has 0 radical (unpaired) electrons. The van der Waals surface area contributed by atoms with Crippen molar-refractivity contribution in [1.29, 1.82) is 0 Å². The lowest BCUT2D eigenvalue weighted by Crippen LogP contribution is -2.37. The van der Waals surface area contributed by atoms with Crippen LogP contribution in [0, 0.1) is 12.8 Å². The number of rotatable bonds is 4.